The third-order valence-corrected chi connectivity index (χ3v) is 1.76. The van der Waals surface area contributed by atoms with Gasteiger partial charge >= 0.3 is 11.4 Å². The predicted octanol–water partition coefficient (Wildman–Crippen LogP) is 0.979. The van der Waals surface area contributed by atoms with E-state index in [9.17, 15) is 29.8 Å². The van der Waals surface area contributed by atoms with Crippen LogP contribution in [0.1, 0.15) is 10.4 Å². The van der Waals surface area contributed by atoms with Gasteiger partial charge in [0, 0.05) is 17.7 Å². The largest absolute Gasteiger partial charge is 0.346 e. The molecule has 0 saturated heterocycles. The first-order chi connectivity index (χ1) is 7.97. The Bertz CT molecular complexity index is 560. The van der Waals surface area contributed by atoms with Gasteiger partial charge in [-0.1, -0.05) is 0 Å². The minimum Gasteiger partial charge on any atom is -0.266 e. The summed E-state index contributed by atoms with van der Waals surface area (Å²) >= 11 is 0. The maximum Gasteiger partial charge on any atom is 0.346 e. The van der Waals surface area contributed by atoms with Gasteiger partial charge in [0.15, 0.2) is 0 Å². The molecule has 0 saturated carbocycles. The first-order valence-electron chi connectivity index (χ1n) is 4.02. The Morgan fingerprint density at radius 3 is 2.24 bits per heavy atom. The number of isocyanates is 1. The number of rotatable bonds is 3. The Balaban J connectivity index is 3.37. The van der Waals surface area contributed by atoms with E-state index in [-0.39, 0.29) is 5.56 Å². The quantitative estimate of drug-likeness (QED) is 0.333. The lowest BCUT2D eigenvalue weighted by atomic mass is 10.1. The van der Waals surface area contributed by atoms with Gasteiger partial charge in [-0.25, -0.2) is 4.79 Å². The molecule has 9 heteroatoms. The molecule has 0 fully saturated rings. The van der Waals surface area contributed by atoms with Gasteiger partial charge in [-0.15, -0.1) is 4.99 Å². The van der Waals surface area contributed by atoms with Crippen LogP contribution in [-0.4, -0.2) is 21.8 Å². The van der Waals surface area contributed by atoms with Gasteiger partial charge in [0.25, 0.3) is 5.91 Å². The molecule has 0 bridgehead atoms. The Kier molecular flexibility index (Phi) is 3.38. The van der Waals surface area contributed by atoms with Crippen LogP contribution < -0.4 is 0 Å². The highest BCUT2D eigenvalue weighted by atomic mass is 16.6. The third kappa shape index (κ3) is 2.55. The molecule has 0 aromatic heterocycles. The second kappa shape index (κ2) is 4.73. The fourth-order valence-corrected chi connectivity index (χ4v) is 1.06. The molecule has 0 unspecified atom stereocenters. The molecule has 0 N–H and O–H groups in total. The topological polar surface area (TPSA) is 133 Å². The summed E-state index contributed by atoms with van der Waals surface area (Å²) in [5.74, 6) is -1.06. The molecule has 0 spiro atoms. The van der Waals surface area contributed by atoms with Crippen LogP contribution in [0.2, 0.25) is 0 Å². The molecule has 0 radical (unpaired) electrons. The van der Waals surface area contributed by atoms with Gasteiger partial charge < -0.3 is 0 Å². The second-order valence-electron chi connectivity index (χ2n) is 2.73. The van der Waals surface area contributed by atoms with Crippen LogP contribution in [0.15, 0.2) is 23.2 Å². The Labute approximate surface area is 92.7 Å². The first-order valence-corrected chi connectivity index (χ1v) is 4.02. The van der Waals surface area contributed by atoms with E-state index in [0.29, 0.717) is 6.07 Å². The van der Waals surface area contributed by atoms with Gasteiger partial charge in [0.2, 0.25) is 6.08 Å². The van der Waals surface area contributed by atoms with Gasteiger partial charge in [-0.05, 0) is 6.07 Å². The Morgan fingerprint density at radius 2 is 1.76 bits per heavy atom. The van der Waals surface area contributed by atoms with Crippen molar-refractivity contribution < 1.29 is 19.4 Å². The highest BCUT2D eigenvalue weighted by Gasteiger charge is 2.25. The van der Waals surface area contributed by atoms with E-state index in [1.54, 1.807) is 0 Å². The monoisotopic (exact) mass is 237 g/mol. The van der Waals surface area contributed by atoms with E-state index in [2.05, 4.69) is 4.99 Å². The van der Waals surface area contributed by atoms with Crippen LogP contribution in [-0.2, 0) is 4.79 Å². The SMILES string of the molecule is O=C=NC(=O)c1ccc([N+](=O)[O-])c([N+](=O)[O-])c1. The number of hydrogen-bond donors (Lipinski definition) is 0. The summed E-state index contributed by atoms with van der Waals surface area (Å²) in [6.07, 6.45) is 0.974. The summed E-state index contributed by atoms with van der Waals surface area (Å²) in [4.78, 5) is 42.7. The zero-order chi connectivity index (χ0) is 13.0. The van der Waals surface area contributed by atoms with Crippen LogP contribution in [0.25, 0.3) is 0 Å². The lowest BCUT2D eigenvalue weighted by Crippen LogP contribution is -2.00. The summed E-state index contributed by atoms with van der Waals surface area (Å²) < 4.78 is 0. The maximum atomic E-state index is 11.1. The van der Waals surface area contributed by atoms with Crippen LogP contribution in [0, 0.1) is 20.2 Å². The number of benzene rings is 1. The fraction of sp³-hybridized carbons (Fsp3) is 0. The number of nitrogens with zero attached hydrogens (tertiary/aromatic N) is 3. The Hall–Kier alpha value is -2.93. The molecule has 9 nitrogen and oxygen atoms in total. The van der Waals surface area contributed by atoms with Crippen molar-refractivity contribution in [3.8, 4) is 0 Å². The van der Waals surface area contributed by atoms with Crippen molar-refractivity contribution >= 4 is 23.4 Å². The van der Waals surface area contributed by atoms with Crippen LogP contribution in [0.3, 0.4) is 0 Å². The minimum absolute atomic E-state index is 0.300. The van der Waals surface area contributed by atoms with Crippen LogP contribution in [0.4, 0.5) is 11.4 Å². The standard InChI is InChI=1S/C8H3N3O6/c12-4-9-8(13)5-1-2-6(10(14)15)7(3-5)11(16)17/h1-3H. The van der Waals surface area contributed by atoms with Crippen molar-refractivity contribution in [1.29, 1.82) is 0 Å². The molecule has 0 atom stereocenters. The molecule has 0 heterocycles. The number of aliphatic imine (C=N–C) groups is 1. The lowest BCUT2D eigenvalue weighted by Gasteiger charge is -1.96. The zero-order valence-corrected chi connectivity index (χ0v) is 8.02. The average Bonchev–Trinajstić information content (AvgIpc) is 2.28. The first kappa shape index (κ1) is 12.1. The molecule has 0 aliphatic rings. The number of nitro benzene ring substituents is 2. The van der Waals surface area contributed by atoms with Gasteiger partial charge in [-0.2, -0.15) is 0 Å². The molecule has 17 heavy (non-hydrogen) atoms. The van der Waals surface area contributed by atoms with E-state index in [1.807, 2.05) is 0 Å². The zero-order valence-electron chi connectivity index (χ0n) is 8.02. The Morgan fingerprint density at radius 1 is 1.18 bits per heavy atom. The van der Waals surface area contributed by atoms with Gasteiger partial charge in [0.1, 0.15) is 0 Å². The van der Waals surface area contributed by atoms with E-state index in [0.717, 1.165) is 18.2 Å². The average molecular weight is 237 g/mol. The molecule has 1 rings (SSSR count). The van der Waals surface area contributed by atoms with Crippen molar-refractivity contribution in [3.05, 3.63) is 44.0 Å². The number of amides is 1. The van der Waals surface area contributed by atoms with Crippen molar-refractivity contribution in [2.45, 2.75) is 0 Å². The van der Waals surface area contributed by atoms with E-state index in [4.69, 9.17) is 0 Å². The molecule has 0 aliphatic heterocycles. The molecular weight excluding hydrogens is 234 g/mol. The number of hydrogen-bond acceptors (Lipinski definition) is 6. The second-order valence-corrected chi connectivity index (χ2v) is 2.73. The molecule has 1 amide bonds. The minimum atomic E-state index is -1.06. The summed E-state index contributed by atoms with van der Waals surface area (Å²) in [6.45, 7) is 0. The molecular formula is C8H3N3O6. The highest BCUT2D eigenvalue weighted by molar-refractivity contribution is 5.98. The normalized spacial score (nSPS) is 9.18. The van der Waals surface area contributed by atoms with Gasteiger partial charge in [0.05, 0.1) is 9.85 Å². The van der Waals surface area contributed by atoms with Crippen molar-refractivity contribution in [3.63, 3.8) is 0 Å². The summed E-state index contributed by atoms with van der Waals surface area (Å²) in [6, 6.07) is 2.45. The molecule has 0 aliphatic carbocycles. The van der Waals surface area contributed by atoms with Crippen molar-refractivity contribution in [2.24, 2.45) is 4.99 Å². The summed E-state index contributed by atoms with van der Waals surface area (Å²) in [5, 5.41) is 21.0. The number of carbonyl (C=O) groups excluding carboxylic acids is 2. The van der Waals surface area contributed by atoms with E-state index >= 15 is 0 Å². The molecule has 1 aromatic rings. The van der Waals surface area contributed by atoms with Crippen LogP contribution in [0.5, 0.6) is 0 Å². The number of carbonyl (C=O) groups is 1. The summed E-state index contributed by atoms with van der Waals surface area (Å²) in [5.41, 5.74) is -1.89. The maximum absolute atomic E-state index is 11.1. The third-order valence-electron chi connectivity index (χ3n) is 1.76. The van der Waals surface area contributed by atoms with Crippen molar-refractivity contribution in [2.75, 3.05) is 0 Å². The fourth-order valence-electron chi connectivity index (χ4n) is 1.06. The van der Waals surface area contributed by atoms with Gasteiger partial charge in [-0.3, -0.25) is 25.0 Å². The summed E-state index contributed by atoms with van der Waals surface area (Å²) in [7, 11) is 0. The predicted molar refractivity (Wildman–Crippen MR) is 52.2 cm³/mol. The van der Waals surface area contributed by atoms with E-state index in [1.165, 1.54) is 0 Å². The molecule has 1 aromatic carbocycles. The lowest BCUT2D eigenvalue weighted by molar-refractivity contribution is -0.422. The number of nitro groups is 2. The van der Waals surface area contributed by atoms with E-state index < -0.39 is 27.1 Å². The van der Waals surface area contributed by atoms with Crippen molar-refractivity contribution in [1.82, 2.24) is 0 Å². The smallest absolute Gasteiger partial charge is 0.266 e. The highest BCUT2D eigenvalue weighted by Crippen LogP contribution is 2.27. The van der Waals surface area contributed by atoms with Crippen LogP contribution >= 0.6 is 0 Å². The molecule has 86 valence electrons.